The van der Waals surface area contributed by atoms with Gasteiger partial charge in [-0.2, -0.15) is 0 Å². The minimum Gasteiger partial charge on any atom is -0.481 e. The summed E-state index contributed by atoms with van der Waals surface area (Å²) < 4.78 is 5.39. The quantitative estimate of drug-likeness (QED) is 0.628. The number of rotatable bonds is 6. The summed E-state index contributed by atoms with van der Waals surface area (Å²) in [6.45, 7) is 4.15. The first-order valence-electron chi connectivity index (χ1n) is 8.36. The predicted molar refractivity (Wildman–Crippen MR) is 96.7 cm³/mol. The summed E-state index contributed by atoms with van der Waals surface area (Å²) in [5.74, 6) is -0.796. The van der Waals surface area contributed by atoms with Gasteiger partial charge in [-0.05, 0) is 12.5 Å². The van der Waals surface area contributed by atoms with Gasteiger partial charge in [-0.15, -0.1) is 0 Å². The molecule has 2 unspecified atom stereocenters. The highest BCUT2D eigenvalue weighted by molar-refractivity contribution is 5.72. The van der Waals surface area contributed by atoms with Crippen LogP contribution in [0.2, 0.25) is 0 Å². The van der Waals surface area contributed by atoms with E-state index in [1.54, 1.807) is 6.07 Å². The van der Waals surface area contributed by atoms with Gasteiger partial charge in [0.1, 0.15) is 5.75 Å². The van der Waals surface area contributed by atoms with Crippen molar-refractivity contribution < 1.29 is 19.6 Å². The van der Waals surface area contributed by atoms with Crippen LogP contribution in [-0.2, 0) is 11.3 Å². The number of nitro groups is 1. The van der Waals surface area contributed by atoms with E-state index in [1.165, 1.54) is 6.07 Å². The number of anilines is 1. The molecule has 0 spiro atoms. The number of benzene rings is 2. The van der Waals surface area contributed by atoms with Gasteiger partial charge in [0.25, 0.3) is 5.69 Å². The number of nitro benzene ring substituents is 1. The molecule has 0 amide bonds. The van der Waals surface area contributed by atoms with E-state index in [0.29, 0.717) is 6.54 Å². The van der Waals surface area contributed by atoms with E-state index >= 15 is 0 Å². The predicted octanol–water partition coefficient (Wildman–Crippen LogP) is 3.57. The number of hydrogen-bond acceptors (Lipinski definition) is 5. The second kappa shape index (κ2) is 7.03. The molecule has 2 atom stereocenters. The summed E-state index contributed by atoms with van der Waals surface area (Å²) >= 11 is 0. The molecule has 7 heteroatoms. The van der Waals surface area contributed by atoms with Crippen molar-refractivity contribution in [2.75, 3.05) is 11.5 Å². The molecule has 1 aliphatic heterocycles. The minimum atomic E-state index is -1.12. The Labute approximate surface area is 151 Å². The third-order valence-corrected chi connectivity index (χ3v) is 4.84. The summed E-state index contributed by atoms with van der Waals surface area (Å²) in [5, 5.41) is 20.2. The molecule has 7 nitrogen and oxygen atoms in total. The Bertz CT molecular complexity index is 837. The smallest absolute Gasteiger partial charge is 0.341 e. The Hall–Kier alpha value is -3.09. The van der Waals surface area contributed by atoms with Crippen molar-refractivity contribution in [1.29, 1.82) is 0 Å². The lowest BCUT2D eigenvalue weighted by Crippen LogP contribution is -2.30. The standard InChI is InChI=1S/C19H20N2O5/c1-12-13(2)20(10-14-6-4-3-5-7-14)16-8-15(21(24)25)9-17(19(12)16)26-11-18(22)23/h3-9,12-13H,10-11H2,1-2H3,(H,22,23). The van der Waals surface area contributed by atoms with Gasteiger partial charge in [0.2, 0.25) is 0 Å². The molecule has 1 N–H and O–H groups in total. The van der Waals surface area contributed by atoms with Crippen LogP contribution in [0.3, 0.4) is 0 Å². The van der Waals surface area contributed by atoms with Crippen LogP contribution in [0, 0.1) is 10.1 Å². The van der Waals surface area contributed by atoms with E-state index < -0.39 is 17.5 Å². The Kier molecular flexibility index (Phi) is 4.79. The summed E-state index contributed by atoms with van der Waals surface area (Å²) in [5.41, 5.74) is 2.53. The van der Waals surface area contributed by atoms with Crippen LogP contribution in [-0.4, -0.2) is 28.6 Å². The highest BCUT2D eigenvalue weighted by atomic mass is 16.6. The van der Waals surface area contributed by atoms with E-state index in [4.69, 9.17) is 9.84 Å². The van der Waals surface area contributed by atoms with Crippen LogP contribution in [0.25, 0.3) is 0 Å². The van der Waals surface area contributed by atoms with Gasteiger partial charge in [-0.3, -0.25) is 10.1 Å². The lowest BCUT2D eigenvalue weighted by Gasteiger charge is -2.26. The molecule has 0 fully saturated rings. The number of hydrogen-bond donors (Lipinski definition) is 1. The van der Waals surface area contributed by atoms with Crippen molar-refractivity contribution >= 4 is 17.3 Å². The molecule has 2 aromatic carbocycles. The number of ether oxygens (including phenoxy) is 1. The van der Waals surface area contributed by atoms with Crippen molar-refractivity contribution in [3.8, 4) is 5.75 Å². The maximum atomic E-state index is 11.3. The summed E-state index contributed by atoms with van der Waals surface area (Å²) in [6.07, 6.45) is 0. The Morgan fingerprint density at radius 2 is 1.96 bits per heavy atom. The molecule has 26 heavy (non-hydrogen) atoms. The number of nitrogens with zero attached hydrogens (tertiary/aromatic N) is 2. The first kappa shape index (κ1) is 17.7. The van der Waals surface area contributed by atoms with Gasteiger partial charge in [0.05, 0.1) is 16.7 Å². The highest BCUT2D eigenvalue weighted by Crippen LogP contribution is 2.48. The molecule has 2 aromatic rings. The fourth-order valence-corrected chi connectivity index (χ4v) is 3.40. The average molecular weight is 356 g/mol. The average Bonchev–Trinajstić information content (AvgIpc) is 2.85. The molecule has 0 aromatic heterocycles. The zero-order valence-corrected chi connectivity index (χ0v) is 14.6. The second-order valence-electron chi connectivity index (χ2n) is 6.46. The second-order valence-corrected chi connectivity index (χ2v) is 6.46. The highest BCUT2D eigenvalue weighted by Gasteiger charge is 2.37. The maximum Gasteiger partial charge on any atom is 0.341 e. The van der Waals surface area contributed by atoms with Gasteiger partial charge in [-0.25, -0.2) is 4.79 Å². The first-order chi connectivity index (χ1) is 12.4. The van der Waals surface area contributed by atoms with E-state index in [9.17, 15) is 14.9 Å². The molecule has 0 radical (unpaired) electrons. The van der Waals surface area contributed by atoms with E-state index in [-0.39, 0.29) is 23.4 Å². The van der Waals surface area contributed by atoms with Gasteiger partial charge in [-0.1, -0.05) is 37.3 Å². The molecular formula is C19H20N2O5. The molecule has 0 saturated carbocycles. The maximum absolute atomic E-state index is 11.3. The lowest BCUT2D eigenvalue weighted by atomic mass is 9.97. The number of carboxylic acids is 1. The van der Waals surface area contributed by atoms with E-state index in [1.807, 2.05) is 37.3 Å². The van der Waals surface area contributed by atoms with E-state index in [2.05, 4.69) is 11.8 Å². The van der Waals surface area contributed by atoms with Crippen LogP contribution in [0.15, 0.2) is 42.5 Å². The molecule has 0 saturated heterocycles. The first-order valence-corrected chi connectivity index (χ1v) is 8.36. The van der Waals surface area contributed by atoms with Gasteiger partial charge < -0.3 is 14.7 Å². The van der Waals surface area contributed by atoms with Crippen molar-refractivity contribution in [3.63, 3.8) is 0 Å². The van der Waals surface area contributed by atoms with Gasteiger partial charge >= 0.3 is 5.97 Å². The third kappa shape index (κ3) is 3.33. The molecule has 1 heterocycles. The van der Waals surface area contributed by atoms with Crippen LogP contribution >= 0.6 is 0 Å². The fraction of sp³-hybridized carbons (Fsp3) is 0.316. The van der Waals surface area contributed by atoms with Gasteiger partial charge in [0.15, 0.2) is 6.61 Å². The number of non-ortho nitro benzene ring substituents is 1. The van der Waals surface area contributed by atoms with Crippen LogP contribution in [0.5, 0.6) is 5.75 Å². The molecule has 0 aliphatic carbocycles. The molecule has 136 valence electrons. The van der Waals surface area contributed by atoms with Crippen molar-refractivity contribution in [3.05, 3.63) is 63.7 Å². The van der Waals surface area contributed by atoms with Crippen molar-refractivity contribution in [2.45, 2.75) is 32.4 Å². The van der Waals surface area contributed by atoms with Gasteiger partial charge in [0, 0.05) is 30.1 Å². The lowest BCUT2D eigenvalue weighted by molar-refractivity contribution is -0.384. The van der Waals surface area contributed by atoms with Crippen molar-refractivity contribution in [2.24, 2.45) is 0 Å². The Balaban J connectivity index is 2.05. The summed E-state index contributed by atoms with van der Waals surface area (Å²) in [6, 6.07) is 12.8. The fourth-order valence-electron chi connectivity index (χ4n) is 3.40. The zero-order valence-electron chi connectivity index (χ0n) is 14.6. The topological polar surface area (TPSA) is 92.9 Å². The van der Waals surface area contributed by atoms with E-state index in [0.717, 1.165) is 16.8 Å². The largest absolute Gasteiger partial charge is 0.481 e. The molecule has 3 rings (SSSR count). The van der Waals surface area contributed by atoms with Crippen LogP contribution in [0.4, 0.5) is 11.4 Å². The molecule has 0 bridgehead atoms. The minimum absolute atomic E-state index is 0.0540. The normalized spacial score (nSPS) is 18.5. The molecular weight excluding hydrogens is 336 g/mol. The monoisotopic (exact) mass is 356 g/mol. The number of carboxylic acid groups (broad SMARTS) is 1. The van der Waals surface area contributed by atoms with Crippen molar-refractivity contribution in [1.82, 2.24) is 0 Å². The third-order valence-electron chi connectivity index (χ3n) is 4.84. The number of aliphatic carboxylic acids is 1. The van der Waals surface area contributed by atoms with Crippen LogP contribution in [0.1, 0.15) is 30.9 Å². The Morgan fingerprint density at radius 1 is 1.27 bits per heavy atom. The summed E-state index contributed by atoms with van der Waals surface area (Å²) in [4.78, 5) is 23.8. The summed E-state index contributed by atoms with van der Waals surface area (Å²) in [7, 11) is 0. The number of fused-ring (bicyclic) bond motifs is 1. The van der Waals surface area contributed by atoms with Crippen LogP contribution < -0.4 is 9.64 Å². The number of carbonyl (C=O) groups is 1. The SMILES string of the molecule is CC1c2c(OCC(=O)O)cc([N+](=O)[O-])cc2N(Cc2ccccc2)C1C. The Morgan fingerprint density at radius 3 is 2.58 bits per heavy atom. The molecule has 1 aliphatic rings. The zero-order chi connectivity index (χ0) is 18.8.